The Balaban J connectivity index is 1.88. The molecule has 1 fully saturated rings. The number of nitrogens with one attached hydrogen (secondary N) is 2. The van der Waals surface area contributed by atoms with Gasteiger partial charge in [-0.15, -0.1) is 0 Å². The van der Waals surface area contributed by atoms with E-state index in [2.05, 4.69) is 46.3 Å². The zero-order valence-electron chi connectivity index (χ0n) is 16.5. The van der Waals surface area contributed by atoms with Crippen LogP contribution in [0.5, 0.6) is 0 Å². The molecule has 0 amide bonds. The summed E-state index contributed by atoms with van der Waals surface area (Å²) in [7, 11) is 5.89. The van der Waals surface area contributed by atoms with Crippen LogP contribution in [0.25, 0.3) is 0 Å². The van der Waals surface area contributed by atoms with Gasteiger partial charge in [0, 0.05) is 58.6 Å². The van der Waals surface area contributed by atoms with Gasteiger partial charge in [0.05, 0.1) is 11.6 Å². The largest absolute Gasteiger partial charge is 0.355 e. The van der Waals surface area contributed by atoms with Gasteiger partial charge in [0.15, 0.2) is 5.96 Å². The minimum Gasteiger partial charge on any atom is -0.355 e. The van der Waals surface area contributed by atoms with E-state index in [0.717, 1.165) is 44.4 Å². The molecule has 0 aliphatic carbocycles. The third-order valence-corrected chi connectivity index (χ3v) is 5.97. The van der Waals surface area contributed by atoms with Crippen molar-refractivity contribution in [3.8, 4) is 0 Å². The second-order valence-corrected chi connectivity index (χ2v) is 8.06. The summed E-state index contributed by atoms with van der Waals surface area (Å²) in [6, 6.07) is 2.37. The van der Waals surface area contributed by atoms with Crippen LogP contribution < -0.4 is 10.6 Å². The molecule has 26 heavy (non-hydrogen) atoms. The Morgan fingerprint density at radius 2 is 1.81 bits per heavy atom. The Bertz CT molecular complexity index is 605. The van der Waals surface area contributed by atoms with Crippen LogP contribution in [0.15, 0.2) is 11.1 Å². The number of rotatable bonds is 6. The highest BCUT2D eigenvalue weighted by Gasteiger charge is 2.25. The summed E-state index contributed by atoms with van der Waals surface area (Å²) in [6.07, 6.45) is 0. The minimum absolute atomic E-state index is 0.487. The van der Waals surface area contributed by atoms with Crippen molar-refractivity contribution in [1.82, 2.24) is 25.0 Å². The van der Waals surface area contributed by atoms with Gasteiger partial charge in [-0.1, -0.05) is 37.0 Å². The van der Waals surface area contributed by atoms with Crippen LogP contribution in [0.2, 0.25) is 10.2 Å². The van der Waals surface area contributed by atoms with Crippen LogP contribution in [-0.2, 0) is 13.6 Å². The summed E-state index contributed by atoms with van der Waals surface area (Å²) in [6.45, 7) is 10.6. The fourth-order valence-electron chi connectivity index (χ4n) is 3.29. The highest BCUT2D eigenvalue weighted by Crippen LogP contribution is 2.24. The number of nitrogens with zero attached hydrogens (tertiary/aromatic N) is 4. The maximum atomic E-state index is 6.13. The van der Waals surface area contributed by atoms with Crippen molar-refractivity contribution in [2.75, 3.05) is 46.8 Å². The molecule has 1 aromatic rings. The number of aromatic nitrogens is 1. The summed E-state index contributed by atoms with van der Waals surface area (Å²) in [5.74, 6) is 1.37. The summed E-state index contributed by atoms with van der Waals surface area (Å²) < 4.78 is 1.88. The minimum atomic E-state index is 0.487. The topological polar surface area (TPSA) is 47.8 Å². The highest BCUT2D eigenvalue weighted by molar-refractivity contribution is 6.41. The van der Waals surface area contributed by atoms with Crippen LogP contribution >= 0.6 is 23.2 Å². The molecule has 0 bridgehead atoms. The predicted molar refractivity (Wildman–Crippen MR) is 111 cm³/mol. The van der Waals surface area contributed by atoms with Gasteiger partial charge in [-0.25, -0.2) is 0 Å². The molecular formula is C18H32Cl2N6. The van der Waals surface area contributed by atoms with Gasteiger partial charge in [-0.3, -0.25) is 9.89 Å². The molecule has 1 saturated heterocycles. The molecule has 2 heterocycles. The van der Waals surface area contributed by atoms with Gasteiger partial charge >= 0.3 is 0 Å². The van der Waals surface area contributed by atoms with E-state index in [-0.39, 0.29) is 0 Å². The summed E-state index contributed by atoms with van der Waals surface area (Å²) in [5.41, 5.74) is 1.02. The van der Waals surface area contributed by atoms with E-state index >= 15 is 0 Å². The van der Waals surface area contributed by atoms with Crippen molar-refractivity contribution in [1.29, 1.82) is 0 Å². The van der Waals surface area contributed by atoms with Gasteiger partial charge in [0.25, 0.3) is 0 Å². The lowest BCUT2D eigenvalue weighted by Crippen LogP contribution is -2.55. The van der Waals surface area contributed by atoms with E-state index < -0.39 is 0 Å². The van der Waals surface area contributed by atoms with E-state index in [0.29, 0.717) is 28.7 Å². The molecule has 0 radical (unpaired) electrons. The van der Waals surface area contributed by atoms with E-state index in [1.165, 1.54) is 0 Å². The number of hydrogen-bond donors (Lipinski definition) is 2. The first kappa shape index (κ1) is 21.4. The standard InChI is InChI=1S/C18H32Cl2N6/c1-13(2)16(26-8-6-24(4)7-9-26)12-23-18(21-3)22-11-14-10-15(19)17(20)25(14)5/h10,13,16H,6-9,11-12H2,1-5H3,(H2,21,22,23). The lowest BCUT2D eigenvalue weighted by molar-refractivity contribution is 0.0900. The molecular weight excluding hydrogens is 371 g/mol. The normalized spacial score (nSPS) is 18.4. The van der Waals surface area contributed by atoms with Crippen LogP contribution in [0.3, 0.4) is 0 Å². The van der Waals surface area contributed by atoms with Crippen molar-refractivity contribution in [2.45, 2.75) is 26.4 Å². The van der Waals surface area contributed by atoms with Crippen LogP contribution in [0.1, 0.15) is 19.5 Å². The zero-order valence-corrected chi connectivity index (χ0v) is 18.0. The Labute approximate surface area is 167 Å². The Hall–Kier alpha value is -0.950. The number of piperazine rings is 1. The number of halogens is 2. The first-order valence-electron chi connectivity index (χ1n) is 9.20. The average Bonchev–Trinajstić information content (AvgIpc) is 2.86. The third-order valence-electron chi connectivity index (χ3n) is 5.13. The second-order valence-electron chi connectivity index (χ2n) is 7.29. The van der Waals surface area contributed by atoms with Crippen LogP contribution in [0, 0.1) is 5.92 Å². The first-order valence-corrected chi connectivity index (χ1v) is 9.95. The lowest BCUT2D eigenvalue weighted by Gasteiger charge is -2.40. The highest BCUT2D eigenvalue weighted by atomic mass is 35.5. The third kappa shape index (κ3) is 5.52. The second kappa shape index (κ2) is 9.83. The molecule has 1 aliphatic heterocycles. The van der Waals surface area contributed by atoms with Gasteiger partial charge in [0.2, 0.25) is 0 Å². The number of guanidine groups is 1. The zero-order chi connectivity index (χ0) is 19.3. The molecule has 0 saturated carbocycles. The number of hydrogen-bond acceptors (Lipinski definition) is 3. The number of aliphatic imine (C=N–C) groups is 1. The molecule has 1 unspecified atom stereocenters. The SMILES string of the molecule is CN=C(NCc1cc(Cl)c(Cl)n1C)NCC(C(C)C)N1CCN(C)CC1. The van der Waals surface area contributed by atoms with Crippen molar-refractivity contribution >= 4 is 29.2 Å². The van der Waals surface area contributed by atoms with E-state index in [4.69, 9.17) is 23.2 Å². The summed E-state index contributed by atoms with van der Waals surface area (Å²) >= 11 is 12.2. The van der Waals surface area contributed by atoms with Crippen molar-refractivity contribution in [3.63, 3.8) is 0 Å². The molecule has 1 atom stereocenters. The van der Waals surface area contributed by atoms with Crippen molar-refractivity contribution < 1.29 is 0 Å². The fourth-order valence-corrected chi connectivity index (χ4v) is 3.71. The maximum Gasteiger partial charge on any atom is 0.191 e. The van der Waals surface area contributed by atoms with E-state index in [9.17, 15) is 0 Å². The van der Waals surface area contributed by atoms with Gasteiger partial charge in [0.1, 0.15) is 5.15 Å². The Morgan fingerprint density at radius 3 is 2.31 bits per heavy atom. The van der Waals surface area contributed by atoms with Crippen molar-refractivity contribution in [2.24, 2.45) is 18.0 Å². The smallest absolute Gasteiger partial charge is 0.191 e. The van der Waals surface area contributed by atoms with Gasteiger partial charge < -0.3 is 20.1 Å². The molecule has 8 heteroatoms. The monoisotopic (exact) mass is 402 g/mol. The molecule has 1 aliphatic rings. The molecule has 148 valence electrons. The summed E-state index contributed by atoms with van der Waals surface area (Å²) in [5, 5.41) is 7.95. The lowest BCUT2D eigenvalue weighted by atomic mass is 10.0. The first-order chi connectivity index (χ1) is 12.3. The molecule has 2 N–H and O–H groups in total. The Kier molecular flexibility index (Phi) is 8.07. The maximum absolute atomic E-state index is 6.13. The molecule has 0 aromatic carbocycles. The Morgan fingerprint density at radius 1 is 1.15 bits per heavy atom. The van der Waals surface area contributed by atoms with Crippen LogP contribution in [0.4, 0.5) is 0 Å². The van der Waals surface area contributed by atoms with E-state index in [1.807, 2.05) is 17.7 Å². The van der Waals surface area contributed by atoms with Gasteiger partial charge in [-0.2, -0.15) is 0 Å². The quantitative estimate of drug-likeness (QED) is 0.565. The molecule has 6 nitrogen and oxygen atoms in total. The molecule has 0 spiro atoms. The van der Waals surface area contributed by atoms with E-state index in [1.54, 1.807) is 7.05 Å². The van der Waals surface area contributed by atoms with Gasteiger partial charge in [-0.05, 0) is 19.0 Å². The predicted octanol–water partition coefficient (Wildman–Crippen LogP) is 2.27. The number of likely N-dealkylation sites (N-methyl/N-ethyl adjacent to an activating group) is 1. The molecule has 2 rings (SSSR count). The van der Waals surface area contributed by atoms with Crippen molar-refractivity contribution in [3.05, 3.63) is 21.9 Å². The summed E-state index contributed by atoms with van der Waals surface area (Å²) in [4.78, 5) is 9.31. The molecule has 1 aromatic heterocycles. The fraction of sp³-hybridized carbons (Fsp3) is 0.722. The average molecular weight is 403 g/mol. The van der Waals surface area contributed by atoms with Crippen LogP contribution in [-0.4, -0.2) is 73.2 Å².